The zero-order valence-electron chi connectivity index (χ0n) is 8.59. The van der Waals surface area contributed by atoms with E-state index in [9.17, 15) is 5.11 Å². The standard InChI is InChI=1S/C12H14N2O/c1-8(15)12(13)11-7-6-9-4-2-3-5-10(9)14-11/h2-8,12,15H,13H2,1H3/t8-,12-/m0/s1. The van der Waals surface area contributed by atoms with E-state index in [2.05, 4.69) is 4.98 Å². The highest BCUT2D eigenvalue weighted by Gasteiger charge is 2.13. The highest BCUT2D eigenvalue weighted by molar-refractivity contribution is 5.78. The second-order valence-corrected chi connectivity index (χ2v) is 3.70. The topological polar surface area (TPSA) is 59.1 Å². The number of para-hydroxylation sites is 1. The van der Waals surface area contributed by atoms with Crippen LogP contribution in [0.2, 0.25) is 0 Å². The third kappa shape index (κ3) is 1.98. The average Bonchev–Trinajstić information content (AvgIpc) is 2.27. The second-order valence-electron chi connectivity index (χ2n) is 3.70. The summed E-state index contributed by atoms with van der Waals surface area (Å²) in [6.45, 7) is 1.67. The number of nitrogens with zero attached hydrogens (tertiary/aromatic N) is 1. The minimum atomic E-state index is -0.585. The van der Waals surface area contributed by atoms with E-state index in [1.54, 1.807) is 6.92 Å². The summed E-state index contributed by atoms with van der Waals surface area (Å²) in [6, 6.07) is 11.3. The van der Waals surface area contributed by atoms with Crippen molar-refractivity contribution in [2.24, 2.45) is 5.73 Å². The van der Waals surface area contributed by atoms with Gasteiger partial charge in [0, 0.05) is 5.39 Å². The lowest BCUT2D eigenvalue weighted by Crippen LogP contribution is -2.24. The molecular formula is C12H14N2O. The van der Waals surface area contributed by atoms with Gasteiger partial charge in [-0.1, -0.05) is 24.3 Å². The lowest BCUT2D eigenvalue weighted by molar-refractivity contribution is 0.162. The number of hydrogen-bond acceptors (Lipinski definition) is 3. The molecule has 0 aliphatic heterocycles. The number of pyridine rings is 1. The van der Waals surface area contributed by atoms with Crippen LogP contribution in [0.25, 0.3) is 10.9 Å². The number of aromatic nitrogens is 1. The molecule has 0 bridgehead atoms. The summed E-state index contributed by atoms with van der Waals surface area (Å²) < 4.78 is 0. The number of benzene rings is 1. The van der Waals surface area contributed by atoms with E-state index in [0.29, 0.717) is 0 Å². The van der Waals surface area contributed by atoms with E-state index in [0.717, 1.165) is 16.6 Å². The Kier molecular flexibility index (Phi) is 2.66. The third-order valence-electron chi connectivity index (χ3n) is 2.48. The van der Waals surface area contributed by atoms with Gasteiger partial charge in [0.2, 0.25) is 0 Å². The van der Waals surface area contributed by atoms with Gasteiger partial charge in [0.15, 0.2) is 0 Å². The van der Waals surface area contributed by atoms with Gasteiger partial charge in [-0.2, -0.15) is 0 Å². The summed E-state index contributed by atoms with van der Waals surface area (Å²) in [6.07, 6.45) is -0.585. The predicted octanol–water partition coefficient (Wildman–Crippen LogP) is 1.62. The van der Waals surface area contributed by atoms with Gasteiger partial charge in [-0.25, -0.2) is 0 Å². The van der Waals surface area contributed by atoms with Crippen LogP contribution in [0.5, 0.6) is 0 Å². The van der Waals surface area contributed by atoms with Gasteiger partial charge in [0.1, 0.15) is 0 Å². The van der Waals surface area contributed by atoms with Crippen molar-refractivity contribution in [2.45, 2.75) is 19.1 Å². The molecule has 3 nitrogen and oxygen atoms in total. The largest absolute Gasteiger partial charge is 0.391 e. The van der Waals surface area contributed by atoms with Gasteiger partial charge in [-0.3, -0.25) is 4.98 Å². The van der Waals surface area contributed by atoms with E-state index in [1.807, 2.05) is 36.4 Å². The quantitative estimate of drug-likeness (QED) is 0.778. The van der Waals surface area contributed by atoms with Crippen LogP contribution in [0, 0.1) is 0 Å². The number of aliphatic hydroxyl groups is 1. The van der Waals surface area contributed by atoms with E-state index in [4.69, 9.17) is 5.73 Å². The minimum Gasteiger partial charge on any atom is -0.391 e. The van der Waals surface area contributed by atoms with Gasteiger partial charge in [-0.15, -0.1) is 0 Å². The van der Waals surface area contributed by atoms with Crippen molar-refractivity contribution in [2.75, 3.05) is 0 Å². The molecular weight excluding hydrogens is 188 g/mol. The van der Waals surface area contributed by atoms with Crippen LogP contribution in [-0.2, 0) is 0 Å². The molecule has 2 rings (SSSR count). The van der Waals surface area contributed by atoms with E-state index < -0.39 is 12.1 Å². The Labute approximate surface area is 88.6 Å². The first kappa shape index (κ1) is 10.1. The second kappa shape index (κ2) is 3.96. The van der Waals surface area contributed by atoms with E-state index in [-0.39, 0.29) is 0 Å². The van der Waals surface area contributed by atoms with E-state index in [1.165, 1.54) is 0 Å². The first-order valence-corrected chi connectivity index (χ1v) is 4.98. The fourth-order valence-corrected chi connectivity index (χ4v) is 1.51. The van der Waals surface area contributed by atoms with Crippen LogP contribution in [-0.4, -0.2) is 16.2 Å². The average molecular weight is 202 g/mol. The molecule has 1 aromatic carbocycles. The molecule has 2 atom stereocenters. The molecule has 3 heteroatoms. The Morgan fingerprint density at radius 2 is 1.93 bits per heavy atom. The molecule has 1 aromatic heterocycles. The molecule has 1 heterocycles. The van der Waals surface area contributed by atoms with Crippen LogP contribution >= 0.6 is 0 Å². The molecule has 15 heavy (non-hydrogen) atoms. The molecule has 0 radical (unpaired) electrons. The molecule has 3 N–H and O–H groups in total. The summed E-state index contributed by atoms with van der Waals surface area (Å²) >= 11 is 0. The number of hydrogen-bond donors (Lipinski definition) is 2. The minimum absolute atomic E-state index is 0.422. The SMILES string of the molecule is C[C@H](O)[C@H](N)c1ccc2ccccc2n1. The fraction of sp³-hybridized carbons (Fsp3) is 0.250. The van der Waals surface area contributed by atoms with E-state index >= 15 is 0 Å². The van der Waals surface area contributed by atoms with Crippen molar-refractivity contribution >= 4 is 10.9 Å². The van der Waals surface area contributed by atoms with Gasteiger partial charge in [0.05, 0.1) is 23.4 Å². The maximum atomic E-state index is 9.38. The Morgan fingerprint density at radius 3 is 2.67 bits per heavy atom. The maximum Gasteiger partial charge on any atom is 0.0731 e. The molecule has 0 saturated carbocycles. The Bertz CT molecular complexity index is 468. The van der Waals surface area contributed by atoms with Crippen molar-refractivity contribution in [3.63, 3.8) is 0 Å². The molecule has 0 spiro atoms. The Hall–Kier alpha value is -1.45. The van der Waals surface area contributed by atoms with Crippen molar-refractivity contribution in [3.05, 3.63) is 42.1 Å². The lowest BCUT2D eigenvalue weighted by atomic mass is 10.1. The zero-order chi connectivity index (χ0) is 10.8. The smallest absolute Gasteiger partial charge is 0.0731 e. The lowest BCUT2D eigenvalue weighted by Gasteiger charge is -2.14. The van der Waals surface area contributed by atoms with Gasteiger partial charge >= 0.3 is 0 Å². The normalized spacial score (nSPS) is 15.1. The number of aliphatic hydroxyl groups excluding tert-OH is 1. The first-order valence-electron chi connectivity index (χ1n) is 4.98. The van der Waals surface area contributed by atoms with Gasteiger partial charge in [0.25, 0.3) is 0 Å². The summed E-state index contributed by atoms with van der Waals surface area (Å²) in [5.74, 6) is 0. The van der Waals surface area contributed by atoms with Gasteiger partial charge in [-0.05, 0) is 19.1 Å². The number of rotatable bonds is 2. The molecule has 0 aliphatic rings. The van der Waals surface area contributed by atoms with Crippen LogP contribution in [0.1, 0.15) is 18.7 Å². The molecule has 0 unspecified atom stereocenters. The first-order chi connectivity index (χ1) is 7.18. The van der Waals surface area contributed by atoms with Crippen molar-refractivity contribution in [3.8, 4) is 0 Å². The summed E-state index contributed by atoms with van der Waals surface area (Å²) in [5, 5.41) is 10.5. The number of nitrogens with two attached hydrogens (primary N) is 1. The van der Waals surface area contributed by atoms with Crippen molar-refractivity contribution in [1.82, 2.24) is 4.98 Å². The maximum absolute atomic E-state index is 9.38. The Balaban J connectivity index is 2.47. The van der Waals surface area contributed by atoms with Crippen LogP contribution in [0.3, 0.4) is 0 Å². The van der Waals surface area contributed by atoms with Gasteiger partial charge < -0.3 is 10.8 Å². The molecule has 0 aliphatic carbocycles. The van der Waals surface area contributed by atoms with Crippen LogP contribution in [0.15, 0.2) is 36.4 Å². The van der Waals surface area contributed by atoms with Crippen molar-refractivity contribution in [1.29, 1.82) is 0 Å². The zero-order valence-corrected chi connectivity index (χ0v) is 8.59. The molecule has 78 valence electrons. The highest BCUT2D eigenvalue weighted by atomic mass is 16.3. The highest BCUT2D eigenvalue weighted by Crippen LogP contribution is 2.17. The third-order valence-corrected chi connectivity index (χ3v) is 2.48. The molecule has 0 amide bonds. The summed E-state index contributed by atoms with van der Waals surface area (Å²) in [7, 11) is 0. The fourth-order valence-electron chi connectivity index (χ4n) is 1.51. The number of fused-ring (bicyclic) bond motifs is 1. The molecule has 0 saturated heterocycles. The van der Waals surface area contributed by atoms with Crippen molar-refractivity contribution < 1.29 is 5.11 Å². The summed E-state index contributed by atoms with van der Waals surface area (Å²) in [5.41, 5.74) is 7.45. The Morgan fingerprint density at radius 1 is 1.20 bits per heavy atom. The monoisotopic (exact) mass is 202 g/mol. The summed E-state index contributed by atoms with van der Waals surface area (Å²) in [4.78, 5) is 4.41. The molecule has 0 fully saturated rings. The molecule has 2 aromatic rings. The predicted molar refractivity (Wildman–Crippen MR) is 60.4 cm³/mol. The van der Waals surface area contributed by atoms with Crippen LogP contribution < -0.4 is 5.73 Å². The van der Waals surface area contributed by atoms with Crippen LogP contribution in [0.4, 0.5) is 0 Å².